The van der Waals surface area contributed by atoms with Crippen molar-refractivity contribution in [1.82, 2.24) is 19.7 Å². The molecule has 1 heterocycles. The van der Waals surface area contributed by atoms with Gasteiger partial charge in [0.25, 0.3) is 0 Å². The molecule has 158 valence electrons. The highest BCUT2D eigenvalue weighted by Gasteiger charge is 2.24. The highest BCUT2D eigenvalue weighted by molar-refractivity contribution is 8.00. The third-order valence-electron chi connectivity index (χ3n) is 4.65. The fraction of sp³-hybridized carbons (Fsp3) is 0.286. The molecule has 3 rings (SSSR count). The summed E-state index contributed by atoms with van der Waals surface area (Å²) in [5.41, 5.74) is 1.58. The molecule has 2 aromatic carbocycles. The van der Waals surface area contributed by atoms with Crippen molar-refractivity contribution in [2.24, 2.45) is 0 Å². The van der Waals surface area contributed by atoms with Crippen molar-refractivity contribution < 1.29 is 4.79 Å². The first-order valence-corrected chi connectivity index (χ1v) is 11.0. The minimum Gasteiger partial charge on any atom is -0.325 e. The molecule has 6 nitrogen and oxygen atoms in total. The summed E-state index contributed by atoms with van der Waals surface area (Å²) in [4.78, 5) is 14.8. The second kappa shape index (κ2) is 9.83. The summed E-state index contributed by atoms with van der Waals surface area (Å²) in [6, 6.07) is 14.5. The lowest BCUT2D eigenvalue weighted by molar-refractivity contribution is -0.115. The Morgan fingerprint density at radius 2 is 1.57 bits per heavy atom. The predicted octanol–water partition coefficient (Wildman–Crippen LogP) is 5.32. The Morgan fingerprint density at radius 1 is 1.00 bits per heavy atom. The fourth-order valence-corrected chi connectivity index (χ4v) is 3.81. The van der Waals surface area contributed by atoms with Crippen LogP contribution >= 0.6 is 35.0 Å². The Balaban J connectivity index is 1.86. The summed E-state index contributed by atoms with van der Waals surface area (Å²) >= 11 is 13.3. The van der Waals surface area contributed by atoms with E-state index in [9.17, 15) is 4.79 Å². The Bertz CT molecular complexity index is 1010. The summed E-state index contributed by atoms with van der Waals surface area (Å²) in [5, 5.41) is 13.2. The van der Waals surface area contributed by atoms with Crippen molar-refractivity contribution >= 4 is 46.6 Å². The van der Waals surface area contributed by atoms with E-state index >= 15 is 0 Å². The molecule has 2 atom stereocenters. The number of nitrogens with one attached hydrogen (secondary N) is 1. The molecule has 3 aromatic rings. The normalized spacial score (nSPS) is 13.3. The number of rotatable bonds is 7. The second-order valence-electron chi connectivity index (χ2n) is 7.05. The second-order valence-corrected chi connectivity index (χ2v) is 9.23. The third-order valence-corrected chi connectivity index (χ3v) is 6.20. The summed E-state index contributed by atoms with van der Waals surface area (Å²) in [5.74, 6) is 0.658. The lowest BCUT2D eigenvalue weighted by Gasteiger charge is -2.21. The van der Waals surface area contributed by atoms with E-state index in [4.69, 9.17) is 23.2 Å². The fourth-order valence-electron chi connectivity index (χ4n) is 2.68. The Hall–Kier alpha value is -2.06. The van der Waals surface area contributed by atoms with Gasteiger partial charge in [-0.25, -0.2) is 0 Å². The van der Waals surface area contributed by atoms with E-state index in [-0.39, 0.29) is 11.9 Å². The molecule has 1 aromatic heterocycles. The first-order valence-electron chi connectivity index (χ1n) is 9.37. The third kappa shape index (κ3) is 5.35. The molecular formula is C21H23Cl2N5OS. The van der Waals surface area contributed by atoms with Crippen LogP contribution in [0.2, 0.25) is 10.0 Å². The molecule has 0 aliphatic rings. The van der Waals surface area contributed by atoms with Gasteiger partial charge < -0.3 is 5.32 Å². The Morgan fingerprint density at radius 3 is 2.13 bits per heavy atom. The number of thioether (sulfide) groups is 1. The highest BCUT2D eigenvalue weighted by Crippen LogP contribution is 2.30. The molecule has 0 saturated heterocycles. The molecule has 2 unspecified atom stereocenters. The topological polar surface area (TPSA) is 63.1 Å². The number of anilines is 1. The minimum atomic E-state index is -0.390. The number of nitrogens with zero attached hydrogens (tertiary/aromatic N) is 4. The van der Waals surface area contributed by atoms with Crippen molar-refractivity contribution in [2.45, 2.75) is 30.3 Å². The number of hydrogen-bond acceptors (Lipinski definition) is 5. The SMILES string of the molecule is CC(Sc1nnc(C(C)N(C)C)n1-c1ccc(Cl)cc1)C(=O)Nc1ccc(Cl)cc1. The maximum Gasteiger partial charge on any atom is 0.237 e. The van der Waals surface area contributed by atoms with Crippen LogP contribution in [-0.2, 0) is 4.79 Å². The molecule has 0 bridgehead atoms. The minimum absolute atomic E-state index is 0.0285. The van der Waals surface area contributed by atoms with Crippen LogP contribution in [0.15, 0.2) is 53.7 Å². The summed E-state index contributed by atoms with van der Waals surface area (Å²) in [6.45, 7) is 3.90. The number of hydrogen-bond donors (Lipinski definition) is 1. The zero-order valence-corrected chi connectivity index (χ0v) is 19.5. The van der Waals surface area contributed by atoms with Crippen LogP contribution in [-0.4, -0.2) is 44.9 Å². The molecule has 0 saturated carbocycles. The van der Waals surface area contributed by atoms with Gasteiger partial charge in [-0.1, -0.05) is 35.0 Å². The van der Waals surface area contributed by atoms with Crippen molar-refractivity contribution in [3.05, 3.63) is 64.4 Å². The van der Waals surface area contributed by atoms with E-state index < -0.39 is 5.25 Å². The van der Waals surface area contributed by atoms with E-state index in [1.165, 1.54) is 11.8 Å². The van der Waals surface area contributed by atoms with Crippen molar-refractivity contribution in [2.75, 3.05) is 19.4 Å². The lowest BCUT2D eigenvalue weighted by atomic mass is 10.2. The smallest absolute Gasteiger partial charge is 0.237 e. The zero-order chi connectivity index (χ0) is 21.8. The summed E-state index contributed by atoms with van der Waals surface area (Å²) < 4.78 is 1.97. The first-order chi connectivity index (χ1) is 14.3. The molecular weight excluding hydrogens is 441 g/mol. The van der Waals surface area contributed by atoms with Gasteiger partial charge in [-0.2, -0.15) is 0 Å². The largest absolute Gasteiger partial charge is 0.325 e. The predicted molar refractivity (Wildman–Crippen MR) is 124 cm³/mol. The number of aromatic nitrogens is 3. The van der Waals surface area contributed by atoms with Gasteiger partial charge in [0.1, 0.15) is 0 Å². The molecule has 0 aliphatic carbocycles. The van der Waals surface area contributed by atoms with Crippen LogP contribution in [0.5, 0.6) is 0 Å². The van der Waals surface area contributed by atoms with Gasteiger partial charge in [0.05, 0.1) is 11.3 Å². The average Bonchev–Trinajstić information content (AvgIpc) is 3.12. The molecule has 1 N–H and O–H groups in total. The molecule has 1 amide bonds. The number of halogens is 2. The van der Waals surface area contributed by atoms with E-state index in [0.29, 0.717) is 20.9 Å². The van der Waals surface area contributed by atoms with Gasteiger partial charge >= 0.3 is 0 Å². The van der Waals surface area contributed by atoms with Gasteiger partial charge in [-0.05, 0) is 76.5 Å². The summed E-state index contributed by atoms with van der Waals surface area (Å²) in [6.07, 6.45) is 0. The molecule has 0 radical (unpaired) electrons. The van der Waals surface area contributed by atoms with E-state index in [1.807, 2.05) is 49.9 Å². The number of carbonyl (C=O) groups excluding carboxylic acids is 1. The zero-order valence-electron chi connectivity index (χ0n) is 17.1. The van der Waals surface area contributed by atoms with Gasteiger partial charge in [0.2, 0.25) is 5.91 Å². The maximum absolute atomic E-state index is 12.7. The van der Waals surface area contributed by atoms with Crippen molar-refractivity contribution in [1.29, 1.82) is 0 Å². The highest BCUT2D eigenvalue weighted by atomic mass is 35.5. The van der Waals surface area contributed by atoms with Crippen LogP contribution in [0.3, 0.4) is 0 Å². The quantitative estimate of drug-likeness (QED) is 0.480. The van der Waals surface area contributed by atoms with Gasteiger partial charge in [0.15, 0.2) is 11.0 Å². The number of benzene rings is 2. The van der Waals surface area contributed by atoms with Gasteiger partial charge in [-0.15, -0.1) is 10.2 Å². The monoisotopic (exact) mass is 463 g/mol. The van der Waals surface area contributed by atoms with Crippen LogP contribution in [0.4, 0.5) is 5.69 Å². The van der Waals surface area contributed by atoms with Crippen LogP contribution in [0.25, 0.3) is 5.69 Å². The number of amides is 1. The lowest BCUT2D eigenvalue weighted by Crippen LogP contribution is -2.23. The van der Waals surface area contributed by atoms with E-state index in [1.54, 1.807) is 24.3 Å². The molecule has 9 heteroatoms. The Labute approximate surface area is 190 Å². The van der Waals surface area contributed by atoms with Gasteiger partial charge in [0, 0.05) is 21.4 Å². The maximum atomic E-state index is 12.7. The van der Waals surface area contributed by atoms with Crippen molar-refractivity contribution in [3.63, 3.8) is 0 Å². The first kappa shape index (κ1) is 22.6. The summed E-state index contributed by atoms with van der Waals surface area (Å²) in [7, 11) is 3.97. The van der Waals surface area contributed by atoms with Crippen molar-refractivity contribution in [3.8, 4) is 5.69 Å². The molecule has 0 aliphatic heterocycles. The standard InChI is InChI=1S/C21H23Cl2N5OS/c1-13(27(3)4)19-25-26-21(28(19)18-11-7-16(23)8-12-18)30-14(2)20(29)24-17-9-5-15(22)6-10-17/h5-14H,1-4H3,(H,24,29). The van der Waals surface area contributed by atoms with Crippen LogP contribution < -0.4 is 5.32 Å². The van der Waals surface area contributed by atoms with Crippen LogP contribution in [0.1, 0.15) is 25.7 Å². The van der Waals surface area contributed by atoms with Gasteiger partial charge in [-0.3, -0.25) is 14.3 Å². The average molecular weight is 464 g/mol. The Kier molecular flexibility index (Phi) is 7.41. The van der Waals surface area contributed by atoms with E-state index in [0.717, 1.165) is 11.5 Å². The molecule has 30 heavy (non-hydrogen) atoms. The van der Waals surface area contributed by atoms with E-state index in [2.05, 4.69) is 27.3 Å². The number of carbonyl (C=O) groups is 1. The molecule has 0 fully saturated rings. The molecule has 0 spiro atoms. The van der Waals surface area contributed by atoms with Crippen LogP contribution in [0, 0.1) is 0 Å².